The lowest BCUT2D eigenvalue weighted by molar-refractivity contribution is -0.136. The van der Waals surface area contributed by atoms with E-state index < -0.39 is 17.8 Å². The Morgan fingerprint density at radius 2 is 1.83 bits per heavy atom. The molecule has 30 heavy (non-hydrogen) atoms. The van der Waals surface area contributed by atoms with Crippen LogP contribution in [0.1, 0.15) is 36.5 Å². The molecule has 0 aliphatic carbocycles. The third-order valence-electron chi connectivity index (χ3n) is 4.22. The van der Waals surface area contributed by atoms with Crippen molar-refractivity contribution < 1.29 is 15.0 Å². The van der Waals surface area contributed by atoms with E-state index in [9.17, 15) is 14.7 Å². The van der Waals surface area contributed by atoms with Crippen LogP contribution in [0.2, 0.25) is 10.0 Å². The van der Waals surface area contributed by atoms with Crippen molar-refractivity contribution in [3.8, 4) is 5.69 Å². The van der Waals surface area contributed by atoms with Crippen molar-refractivity contribution in [2.45, 2.75) is 19.6 Å². The molecule has 7 nitrogen and oxygen atoms in total. The average molecular weight is 446 g/mol. The van der Waals surface area contributed by atoms with Crippen LogP contribution in [0.3, 0.4) is 0 Å². The van der Waals surface area contributed by atoms with Crippen LogP contribution in [-0.4, -0.2) is 31.4 Å². The van der Waals surface area contributed by atoms with Crippen molar-refractivity contribution in [2.75, 3.05) is 0 Å². The minimum atomic E-state index is -1.31. The molecular weight excluding hydrogens is 429 g/mol. The molecular formula is C21H17Cl2N3O4. The number of rotatable bonds is 2. The molecule has 0 saturated heterocycles. The van der Waals surface area contributed by atoms with Crippen molar-refractivity contribution in [2.24, 2.45) is 4.99 Å². The Bertz CT molecular complexity index is 1190. The van der Waals surface area contributed by atoms with Gasteiger partial charge in [-0.05, 0) is 24.3 Å². The van der Waals surface area contributed by atoms with Crippen molar-refractivity contribution in [1.82, 2.24) is 9.55 Å². The van der Waals surface area contributed by atoms with Gasteiger partial charge in [0, 0.05) is 39.9 Å². The van der Waals surface area contributed by atoms with E-state index in [1.807, 2.05) is 18.2 Å². The van der Waals surface area contributed by atoms with Gasteiger partial charge in [-0.2, -0.15) is 4.98 Å². The summed E-state index contributed by atoms with van der Waals surface area (Å²) in [7, 11) is 0. The number of carbonyl (C=O) groups is 1. The van der Waals surface area contributed by atoms with Crippen LogP contribution in [0.4, 0.5) is 0 Å². The van der Waals surface area contributed by atoms with Gasteiger partial charge in [0.05, 0.1) is 11.4 Å². The minimum Gasteiger partial charge on any atom is -0.481 e. The average Bonchev–Trinajstić information content (AvgIpc) is 2.83. The third kappa shape index (κ3) is 4.59. The highest BCUT2D eigenvalue weighted by Gasteiger charge is 2.25. The van der Waals surface area contributed by atoms with Gasteiger partial charge < -0.3 is 14.8 Å². The van der Waals surface area contributed by atoms with Crippen LogP contribution in [0.25, 0.3) is 5.69 Å². The number of aliphatic imine (C=N–C) groups is 1. The fraction of sp³-hybridized carbons (Fsp3) is 0.143. The Kier molecular flexibility index (Phi) is 6.66. The number of benzene rings is 2. The molecule has 2 aromatic carbocycles. The normalized spacial score (nSPS) is 14.4. The molecule has 1 aromatic heterocycles. The zero-order chi connectivity index (χ0) is 21.8. The molecule has 1 atom stereocenters. The van der Waals surface area contributed by atoms with Crippen molar-refractivity contribution in [3.05, 3.63) is 92.1 Å². The van der Waals surface area contributed by atoms with E-state index in [4.69, 9.17) is 28.3 Å². The summed E-state index contributed by atoms with van der Waals surface area (Å²) in [6.45, 7) is 1.60. The molecule has 1 unspecified atom stereocenters. The summed E-state index contributed by atoms with van der Waals surface area (Å²) in [6, 6.07) is 13.8. The molecule has 4 rings (SSSR count). The molecule has 0 saturated carbocycles. The molecule has 0 fully saturated rings. The number of aromatic nitrogens is 2. The van der Waals surface area contributed by atoms with Crippen LogP contribution in [0, 0.1) is 0 Å². The number of halogens is 2. The zero-order valence-electron chi connectivity index (χ0n) is 15.8. The van der Waals surface area contributed by atoms with Gasteiger partial charge in [0.1, 0.15) is 0 Å². The first-order valence-electron chi connectivity index (χ1n) is 8.94. The Labute approximate surface area is 181 Å². The number of aliphatic hydroxyl groups excluding tert-OH is 1. The highest BCUT2D eigenvalue weighted by atomic mass is 35.5. The largest absolute Gasteiger partial charge is 0.481 e. The van der Waals surface area contributed by atoms with Gasteiger partial charge >= 0.3 is 5.97 Å². The molecule has 9 heteroatoms. The molecule has 2 N–H and O–H groups in total. The van der Waals surface area contributed by atoms with E-state index >= 15 is 0 Å². The lowest BCUT2D eigenvalue weighted by Gasteiger charge is -2.14. The summed E-state index contributed by atoms with van der Waals surface area (Å²) in [5, 5.41) is 19.3. The second kappa shape index (κ2) is 9.21. The first-order chi connectivity index (χ1) is 14.3. The number of nitrogens with zero attached hydrogens (tertiary/aromatic N) is 3. The first kappa shape index (κ1) is 21.7. The molecule has 154 valence electrons. The van der Waals surface area contributed by atoms with Gasteiger partial charge in [0.25, 0.3) is 5.56 Å². The summed E-state index contributed by atoms with van der Waals surface area (Å²) in [6.07, 6.45) is 0.470. The van der Waals surface area contributed by atoms with E-state index in [1.54, 1.807) is 42.0 Å². The molecule has 0 spiro atoms. The summed E-state index contributed by atoms with van der Waals surface area (Å²) in [5.41, 5.74) is 2.07. The van der Waals surface area contributed by atoms with Crippen LogP contribution in [0.15, 0.2) is 64.5 Å². The number of aliphatic hydroxyl groups is 1. The lowest BCUT2D eigenvalue weighted by Crippen LogP contribution is -2.17. The summed E-state index contributed by atoms with van der Waals surface area (Å²) < 4.78 is 1.63. The van der Waals surface area contributed by atoms with E-state index in [1.165, 1.54) is 6.07 Å². The highest BCUT2D eigenvalue weighted by molar-refractivity contribution is 6.36. The quantitative estimate of drug-likeness (QED) is 0.622. The molecule has 2 heterocycles. The van der Waals surface area contributed by atoms with Gasteiger partial charge in [-0.15, -0.1) is 0 Å². The van der Waals surface area contributed by atoms with Gasteiger partial charge in [-0.25, -0.2) is 4.99 Å². The van der Waals surface area contributed by atoms with E-state index in [0.29, 0.717) is 32.6 Å². The van der Waals surface area contributed by atoms with Crippen molar-refractivity contribution in [1.29, 1.82) is 0 Å². The molecule has 0 bridgehead atoms. The summed E-state index contributed by atoms with van der Waals surface area (Å²) in [5.74, 6) is -0.608. The number of hydrogen-bond acceptors (Lipinski definition) is 5. The van der Waals surface area contributed by atoms with E-state index in [-0.39, 0.29) is 12.2 Å². The Morgan fingerprint density at radius 1 is 1.13 bits per heavy atom. The van der Waals surface area contributed by atoms with Crippen molar-refractivity contribution in [3.63, 3.8) is 0 Å². The van der Waals surface area contributed by atoms with Gasteiger partial charge in [-0.1, -0.05) is 48.3 Å². The Balaban J connectivity index is 0.000000461. The van der Waals surface area contributed by atoms with Gasteiger partial charge in [0.15, 0.2) is 5.82 Å². The van der Waals surface area contributed by atoms with Crippen molar-refractivity contribution >= 4 is 34.9 Å². The fourth-order valence-corrected chi connectivity index (χ4v) is 3.23. The van der Waals surface area contributed by atoms with Crippen LogP contribution < -0.4 is 5.56 Å². The maximum absolute atomic E-state index is 11.6. The molecule has 3 aromatic rings. The summed E-state index contributed by atoms with van der Waals surface area (Å²) in [4.78, 5) is 29.3. The van der Waals surface area contributed by atoms with Gasteiger partial charge in [0.2, 0.25) is 6.23 Å². The highest BCUT2D eigenvalue weighted by Crippen LogP contribution is 2.31. The first-order valence-corrected chi connectivity index (χ1v) is 9.70. The molecule has 0 amide bonds. The van der Waals surface area contributed by atoms with E-state index in [2.05, 4.69) is 9.98 Å². The van der Waals surface area contributed by atoms with Crippen LogP contribution in [0.5, 0.6) is 0 Å². The standard InChI is InChI=1S/C18H11Cl2N3O2.C3H6O2/c19-10-5-6-14-12(9-10)16(11-3-1-2-4-13(11)20)22-18(25)17-21-15(24)7-8-23(14)17;1-2-3(4)5/h1-9,18,25H;2H2,1H3,(H,4,5). The smallest absolute Gasteiger partial charge is 0.303 e. The predicted octanol–water partition coefficient (Wildman–Crippen LogP) is 3.86. The monoisotopic (exact) mass is 445 g/mol. The maximum Gasteiger partial charge on any atom is 0.303 e. The van der Waals surface area contributed by atoms with Gasteiger partial charge in [-0.3, -0.25) is 9.59 Å². The zero-order valence-corrected chi connectivity index (χ0v) is 17.3. The number of carboxylic acid groups (broad SMARTS) is 1. The lowest BCUT2D eigenvalue weighted by atomic mass is 10.0. The SMILES string of the molecule is CCC(=O)O.O=c1ccn2c(n1)C(O)N=C(c1ccccc1Cl)c1cc(Cl)ccc1-2. The molecule has 0 radical (unpaired) electrons. The number of aliphatic carboxylic acids is 1. The minimum absolute atomic E-state index is 0.137. The van der Waals surface area contributed by atoms with E-state index in [0.717, 1.165) is 0 Å². The molecule has 1 aliphatic heterocycles. The number of carboxylic acids is 1. The number of hydrogen-bond donors (Lipinski definition) is 2. The second-order valence-electron chi connectivity index (χ2n) is 6.23. The Morgan fingerprint density at radius 3 is 2.50 bits per heavy atom. The summed E-state index contributed by atoms with van der Waals surface area (Å²) >= 11 is 12.5. The maximum atomic E-state index is 11.6. The third-order valence-corrected chi connectivity index (χ3v) is 4.79. The predicted molar refractivity (Wildman–Crippen MR) is 115 cm³/mol. The molecule has 1 aliphatic rings. The number of fused-ring (bicyclic) bond motifs is 3. The fourth-order valence-electron chi connectivity index (χ4n) is 2.83. The second-order valence-corrected chi connectivity index (χ2v) is 7.08. The van der Waals surface area contributed by atoms with Crippen LogP contribution >= 0.6 is 23.2 Å². The van der Waals surface area contributed by atoms with Crippen LogP contribution in [-0.2, 0) is 4.79 Å². The topological polar surface area (TPSA) is 105 Å². The Hall–Kier alpha value is -3.00.